The zero-order chi connectivity index (χ0) is 5.66. The third-order valence-electron chi connectivity index (χ3n) is 1.05. The summed E-state index contributed by atoms with van der Waals surface area (Å²) in [5.74, 6) is 0. The fourth-order valence-electron chi connectivity index (χ4n) is 0.263. The molecule has 8 heavy (non-hydrogen) atoms. The lowest BCUT2D eigenvalue weighted by molar-refractivity contribution is 0.527. The summed E-state index contributed by atoms with van der Waals surface area (Å²) in [7, 11) is 0. The third-order valence-corrected chi connectivity index (χ3v) is 1.05. The van der Waals surface area contributed by atoms with Gasteiger partial charge in [-0.25, -0.2) is 0 Å². The second-order valence-electron chi connectivity index (χ2n) is 1.74. The number of allylic oxidation sites excluding steroid dienone is 1. The number of hydrogen-bond acceptors (Lipinski definition) is 2. The van der Waals surface area contributed by atoms with E-state index in [1.807, 2.05) is 6.08 Å². The highest BCUT2D eigenvalue weighted by molar-refractivity contribution is 5.76. The molecule has 0 amide bonds. The van der Waals surface area contributed by atoms with Crippen LogP contribution in [0, 0.1) is 0 Å². The Balaban J connectivity index is 0.0000000800. The van der Waals surface area contributed by atoms with Crippen molar-refractivity contribution < 1.29 is 0 Å². The lowest BCUT2D eigenvalue weighted by atomic mass is 10.3. The predicted octanol–water partition coefficient (Wildman–Crippen LogP) is 0.564. The second-order valence-corrected chi connectivity index (χ2v) is 1.74. The van der Waals surface area contributed by atoms with E-state index in [1.165, 1.54) is 19.5 Å². The Morgan fingerprint density at radius 1 is 1.38 bits per heavy atom. The molecule has 2 nitrogen and oxygen atoms in total. The van der Waals surface area contributed by atoms with Gasteiger partial charge in [-0.1, -0.05) is 0 Å². The van der Waals surface area contributed by atoms with Gasteiger partial charge in [0.1, 0.15) is 0 Å². The smallest absolute Gasteiger partial charge is 0.0283 e. The van der Waals surface area contributed by atoms with Crippen molar-refractivity contribution in [1.29, 1.82) is 0 Å². The summed E-state index contributed by atoms with van der Waals surface area (Å²) in [5, 5.41) is 3.11. The first-order valence-electron chi connectivity index (χ1n) is 2.89. The molecule has 0 saturated carbocycles. The molecule has 0 aromatic rings. The Morgan fingerprint density at radius 2 is 1.62 bits per heavy atom. The van der Waals surface area contributed by atoms with Crippen LogP contribution >= 0.6 is 0 Å². The van der Waals surface area contributed by atoms with Crippen LogP contribution in [0.5, 0.6) is 0 Å². The minimum atomic E-state index is 1.25. The average molecular weight is 110 g/mol. The number of nitrogens with one attached hydrogen (secondary N) is 1. The molecule has 1 N–H and O–H groups in total. The lowest BCUT2D eigenvalue weighted by Gasteiger charge is -2.09. The SMILES string of the molecule is C1=CN=C1.C1CNC1. The first-order chi connectivity index (χ1) is 4.00. The van der Waals surface area contributed by atoms with Gasteiger partial charge in [-0.15, -0.1) is 0 Å². The Bertz CT molecular complexity index is 79.1. The number of aliphatic imine (C=N–C) groups is 1. The maximum atomic E-state index is 3.61. The molecule has 2 aliphatic heterocycles. The molecule has 0 unspecified atom stereocenters. The standard InChI is InChI=1S/C3H7N.C3H3N/c2*1-2-4-3-1/h4H,1-3H2;1-3H. The van der Waals surface area contributed by atoms with Crippen LogP contribution in [-0.4, -0.2) is 19.3 Å². The van der Waals surface area contributed by atoms with E-state index in [2.05, 4.69) is 10.3 Å². The molecule has 0 aromatic heterocycles. The van der Waals surface area contributed by atoms with Gasteiger partial charge in [-0.05, 0) is 25.6 Å². The summed E-state index contributed by atoms with van der Waals surface area (Å²) in [5.41, 5.74) is 0. The zero-order valence-corrected chi connectivity index (χ0v) is 4.80. The van der Waals surface area contributed by atoms with E-state index < -0.39 is 0 Å². The largest absolute Gasteiger partial charge is 0.317 e. The lowest BCUT2D eigenvalue weighted by Crippen LogP contribution is -2.29. The maximum absolute atomic E-state index is 3.61. The van der Waals surface area contributed by atoms with Crippen molar-refractivity contribution >= 4 is 6.21 Å². The summed E-state index contributed by atoms with van der Waals surface area (Å²) in [6.07, 6.45) is 6.78. The van der Waals surface area contributed by atoms with Crippen LogP contribution in [0.4, 0.5) is 0 Å². The first-order valence-corrected chi connectivity index (χ1v) is 2.89. The molecule has 1 saturated heterocycles. The molecule has 2 heteroatoms. The molecule has 0 radical (unpaired) electrons. The molecule has 44 valence electrons. The zero-order valence-electron chi connectivity index (χ0n) is 4.80. The minimum absolute atomic E-state index is 1.25. The predicted molar refractivity (Wildman–Crippen MR) is 35.1 cm³/mol. The van der Waals surface area contributed by atoms with Crippen LogP contribution in [-0.2, 0) is 0 Å². The highest BCUT2D eigenvalue weighted by atomic mass is 14.9. The molecule has 0 bridgehead atoms. The van der Waals surface area contributed by atoms with Gasteiger partial charge in [-0.2, -0.15) is 0 Å². The van der Waals surface area contributed by atoms with Crippen molar-refractivity contribution in [2.75, 3.05) is 13.1 Å². The van der Waals surface area contributed by atoms with E-state index in [-0.39, 0.29) is 0 Å². The Hall–Kier alpha value is -0.630. The van der Waals surface area contributed by atoms with E-state index in [9.17, 15) is 0 Å². The Morgan fingerprint density at radius 3 is 1.62 bits per heavy atom. The van der Waals surface area contributed by atoms with Crippen molar-refractivity contribution in [3.8, 4) is 0 Å². The van der Waals surface area contributed by atoms with Crippen LogP contribution < -0.4 is 5.32 Å². The van der Waals surface area contributed by atoms with Crippen LogP contribution in [0.25, 0.3) is 0 Å². The van der Waals surface area contributed by atoms with Crippen molar-refractivity contribution in [3.63, 3.8) is 0 Å². The molecule has 0 atom stereocenters. The summed E-state index contributed by atoms with van der Waals surface area (Å²) in [6, 6.07) is 0. The monoisotopic (exact) mass is 110 g/mol. The van der Waals surface area contributed by atoms with Crippen LogP contribution in [0.3, 0.4) is 0 Å². The third kappa shape index (κ3) is 1.89. The fraction of sp³-hybridized carbons (Fsp3) is 0.500. The number of rotatable bonds is 0. The van der Waals surface area contributed by atoms with Crippen molar-refractivity contribution in [3.05, 3.63) is 12.3 Å². The van der Waals surface area contributed by atoms with Gasteiger partial charge in [0.05, 0.1) is 0 Å². The quantitative estimate of drug-likeness (QED) is 0.484. The second kappa shape index (κ2) is 3.38. The van der Waals surface area contributed by atoms with Gasteiger partial charge in [0.25, 0.3) is 0 Å². The van der Waals surface area contributed by atoms with Gasteiger partial charge in [0, 0.05) is 12.4 Å². The van der Waals surface area contributed by atoms with Gasteiger partial charge in [0.2, 0.25) is 0 Å². The van der Waals surface area contributed by atoms with Crippen LogP contribution in [0.1, 0.15) is 6.42 Å². The topological polar surface area (TPSA) is 24.4 Å². The summed E-state index contributed by atoms with van der Waals surface area (Å²) < 4.78 is 0. The summed E-state index contributed by atoms with van der Waals surface area (Å²) in [6.45, 7) is 2.50. The molecular weight excluding hydrogens is 100 g/mol. The molecular formula is C6H10N2. The molecule has 0 spiro atoms. The number of nitrogens with zero attached hydrogens (tertiary/aromatic N) is 1. The molecule has 2 heterocycles. The highest BCUT2D eigenvalue weighted by Crippen LogP contribution is 1.80. The fourth-order valence-corrected chi connectivity index (χ4v) is 0.263. The Kier molecular flexibility index (Phi) is 2.33. The van der Waals surface area contributed by atoms with Gasteiger partial charge in [0.15, 0.2) is 0 Å². The van der Waals surface area contributed by atoms with E-state index in [4.69, 9.17) is 0 Å². The van der Waals surface area contributed by atoms with E-state index >= 15 is 0 Å². The molecule has 0 aliphatic carbocycles. The molecule has 2 aliphatic rings. The van der Waals surface area contributed by atoms with Crippen molar-refractivity contribution in [2.24, 2.45) is 4.99 Å². The summed E-state index contributed by atoms with van der Waals surface area (Å²) >= 11 is 0. The molecule has 2 rings (SSSR count). The molecule has 0 aromatic carbocycles. The van der Waals surface area contributed by atoms with Crippen LogP contribution in [0.15, 0.2) is 17.3 Å². The normalized spacial score (nSPS) is 20.0. The van der Waals surface area contributed by atoms with Gasteiger partial charge < -0.3 is 5.32 Å². The van der Waals surface area contributed by atoms with E-state index in [0.717, 1.165) is 0 Å². The van der Waals surface area contributed by atoms with Crippen molar-refractivity contribution in [1.82, 2.24) is 5.32 Å². The molecule has 1 fully saturated rings. The number of hydrogen-bond donors (Lipinski definition) is 1. The minimum Gasteiger partial charge on any atom is -0.317 e. The van der Waals surface area contributed by atoms with E-state index in [1.54, 1.807) is 12.4 Å². The highest BCUT2D eigenvalue weighted by Gasteiger charge is 1.92. The first kappa shape index (κ1) is 5.51. The Labute approximate surface area is 49.3 Å². The van der Waals surface area contributed by atoms with Crippen LogP contribution in [0.2, 0.25) is 0 Å². The maximum Gasteiger partial charge on any atom is 0.0283 e. The van der Waals surface area contributed by atoms with Gasteiger partial charge in [-0.3, -0.25) is 4.99 Å². The average Bonchev–Trinajstić information content (AvgIpc) is 1.12. The van der Waals surface area contributed by atoms with Gasteiger partial charge >= 0.3 is 0 Å². The summed E-state index contributed by atoms with van der Waals surface area (Å²) in [4.78, 5) is 3.61. The van der Waals surface area contributed by atoms with Crippen molar-refractivity contribution in [2.45, 2.75) is 6.42 Å². The van der Waals surface area contributed by atoms with E-state index in [0.29, 0.717) is 0 Å².